The Morgan fingerprint density at radius 1 is 1.09 bits per heavy atom. The zero-order chi connectivity index (χ0) is 22.7. The third-order valence-corrected chi connectivity index (χ3v) is 12.4. The lowest BCUT2D eigenvalue weighted by Gasteiger charge is -2.61. The molecule has 3 nitrogen and oxygen atoms in total. The molecule has 7 atom stereocenters. The van der Waals surface area contributed by atoms with Crippen LogP contribution < -0.4 is 0 Å². The molecular weight excluding hydrogens is 426 g/mol. The molecule has 0 spiro atoms. The Hall–Kier alpha value is -0.710. The fraction of sp³-hybridized carbons (Fsp3) is 0.793. The Balaban J connectivity index is 1.17. The molecule has 0 amide bonds. The molecule has 0 bridgehead atoms. The first-order valence-corrected chi connectivity index (χ1v) is 14.8. The summed E-state index contributed by atoms with van der Waals surface area (Å²) in [4.78, 5) is 2.66. The molecule has 0 aromatic carbocycles. The molecule has 5 aliphatic rings. The van der Waals surface area contributed by atoms with Crippen molar-refractivity contribution in [1.82, 2.24) is 4.90 Å². The predicted octanol–water partition coefficient (Wildman–Crippen LogP) is 6.64. The van der Waals surface area contributed by atoms with E-state index < -0.39 is 5.60 Å². The minimum absolute atomic E-state index is 0.0254. The van der Waals surface area contributed by atoms with Crippen molar-refractivity contribution in [2.75, 3.05) is 25.4 Å². The lowest BCUT2D eigenvalue weighted by Crippen LogP contribution is -2.60. The summed E-state index contributed by atoms with van der Waals surface area (Å²) in [5.41, 5.74) is 2.79. The van der Waals surface area contributed by atoms with E-state index in [1.807, 2.05) is 6.26 Å². The van der Waals surface area contributed by atoms with E-state index in [-0.39, 0.29) is 5.41 Å². The van der Waals surface area contributed by atoms with Gasteiger partial charge < -0.3 is 14.4 Å². The number of likely N-dealkylation sites (tertiary alicyclic amines) is 1. The number of hydrogen-bond donors (Lipinski definition) is 1. The summed E-state index contributed by atoms with van der Waals surface area (Å²) in [7, 11) is 0. The second-order valence-corrected chi connectivity index (χ2v) is 13.8. The maximum absolute atomic E-state index is 12.3. The van der Waals surface area contributed by atoms with Crippen molar-refractivity contribution in [1.29, 1.82) is 0 Å². The van der Waals surface area contributed by atoms with Crippen LogP contribution in [0.1, 0.15) is 89.5 Å². The van der Waals surface area contributed by atoms with Crippen molar-refractivity contribution < 1.29 is 9.52 Å². The molecule has 2 heterocycles. The van der Waals surface area contributed by atoms with E-state index in [4.69, 9.17) is 4.42 Å². The molecule has 0 radical (unpaired) electrons. The van der Waals surface area contributed by atoms with Gasteiger partial charge in [0.05, 0.1) is 18.1 Å². The van der Waals surface area contributed by atoms with Crippen molar-refractivity contribution in [2.24, 2.45) is 22.7 Å². The van der Waals surface area contributed by atoms with Crippen LogP contribution in [0.3, 0.4) is 0 Å². The van der Waals surface area contributed by atoms with Crippen LogP contribution in [0.2, 0.25) is 0 Å². The van der Waals surface area contributed by atoms with Crippen LogP contribution in [0.15, 0.2) is 34.7 Å². The van der Waals surface area contributed by atoms with Gasteiger partial charge in [-0.1, -0.05) is 25.5 Å². The SMILES string of the molecule is C[C@]12CCC(SCCN3CCCC3)CC1=CC[C@@H]1[C@H]2CC[C@]2(C)C(c3ccoc3)CC[C@@]12O. The molecule has 4 aliphatic carbocycles. The standard InChI is InChI=1S/C29H43NO2S/c1-27-11-7-23(33-18-16-30-14-3-4-15-30)19-22(27)5-6-26-25(27)8-12-28(2)24(9-13-29(26,28)31)21-10-17-32-20-21/h5,10,17,20,23-26,31H,3-4,6-9,11-16,18-19H2,1-2H3/t23?,24?,25-,26-,27+,28-,29-/m1/s1. The first kappa shape index (κ1) is 22.7. The molecule has 1 aromatic heterocycles. The highest BCUT2D eigenvalue weighted by molar-refractivity contribution is 7.99. The van der Waals surface area contributed by atoms with Crippen molar-refractivity contribution in [3.63, 3.8) is 0 Å². The maximum Gasteiger partial charge on any atom is 0.0937 e. The number of allylic oxidation sites excluding steroid dienone is 2. The van der Waals surface area contributed by atoms with Crippen LogP contribution in [-0.2, 0) is 0 Å². The van der Waals surface area contributed by atoms with E-state index in [0.717, 1.165) is 30.9 Å². The van der Waals surface area contributed by atoms with E-state index in [1.165, 1.54) is 69.5 Å². The summed E-state index contributed by atoms with van der Waals surface area (Å²) in [5.74, 6) is 2.80. The number of nitrogens with zero attached hydrogens (tertiary/aromatic N) is 1. The average molecular weight is 470 g/mol. The summed E-state index contributed by atoms with van der Waals surface area (Å²) in [6, 6.07) is 2.14. The first-order valence-electron chi connectivity index (χ1n) is 13.7. The Kier molecular flexibility index (Phi) is 5.82. The molecule has 1 N–H and O–H groups in total. The lowest BCUT2D eigenvalue weighted by molar-refractivity contribution is -0.171. The van der Waals surface area contributed by atoms with Gasteiger partial charge in [-0.05, 0) is 112 Å². The average Bonchev–Trinajstić information content (AvgIpc) is 3.55. The number of thioether (sulfide) groups is 1. The fourth-order valence-electron chi connectivity index (χ4n) is 9.10. The van der Waals surface area contributed by atoms with Gasteiger partial charge in [0.15, 0.2) is 0 Å². The Morgan fingerprint density at radius 2 is 1.94 bits per heavy atom. The van der Waals surface area contributed by atoms with Crippen molar-refractivity contribution in [3.05, 3.63) is 35.8 Å². The summed E-state index contributed by atoms with van der Waals surface area (Å²) in [6.45, 7) is 8.88. The van der Waals surface area contributed by atoms with Gasteiger partial charge in [-0.25, -0.2) is 0 Å². The number of rotatable bonds is 5. The molecule has 4 heteroatoms. The molecule has 1 aliphatic heterocycles. The number of hydrogen-bond acceptors (Lipinski definition) is 4. The summed E-state index contributed by atoms with van der Waals surface area (Å²) >= 11 is 2.24. The molecular formula is C29H43NO2S. The van der Waals surface area contributed by atoms with Crippen LogP contribution >= 0.6 is 11.8 Å². The van der Waals surface area contributed by atoms with Gasteiger partial charge >= 0.3 is 0 Å². The smallest absolute Gasteiger partial charge is 0.0937 e. The number of aliphatic hydroxyl groups is 1. The molecule has 4 fully saturated rings. The highest BCUT2D eigenvalue weighted by Crippen LogP contribution is 2.69. The minimum Gasteiger partial charge on any atom is -0.472 e. The highest BCUT2D eigenvalue weighted by Gasteiger charge is 2.66. The maximum atomic E-state index is 12.3. The van der Waals surface area contributed by atoms with E-state index in [9.17, 15) is 5.11 Å². The Morgan fingerprint density at radius 3 is 2.73 bits per heavy atom. The van der Waals surface area contributed by atoms with Crippen molar-refractivity contribution in [3.8, 4) is 0 Å². The third-order valence-electron chi connectivity index (χ3n) is 11.2. The van der Waals surface area contributed by atoms with Crippen LogP contribution in [-0.4, -0.2) is 46.2 Å². The van der Waals surface area contributed by atoms with Gasteiger partial charge in [0.25, 0.3) is 0 Å². The fourth-order valence-corrected chi connectivity index (χ4v) is 10.4. The van der Waals surface area contributed by atoms with E-state index in [0.29, 0.717) is 23.2 Å². The second-order valence-electron chi connectivity index (χ2n) is 12.4. The topological polar surface area (TPSA) is 36.6 Å². The van der Waals surface area contributed by atoms with Gasteiger partial charge in [-0.15, -0.1) is 0 Å². The van der Waals surface area contributed by atoms with Gasteiger partial charge in [0.2, 0.25) is 0 Å². The van der Waals surface area contributed by atoms with E-state index in [2.05, 4.69) is 42.7 Å². The van der Waals surface area contributed by atoms with E-state index >= 15 is 0 Å². The molecule has 2 unspecified atom stereocenters. The zero-order valence-electron chi connectivity index (χ0n) is 20.7. The quantitative estimate of drug-likeness (QED) is 0.491. The Labute approximate surface area is 204 Å². The summed E-state index contributed by atoms with van der Waals surface area (Å²) in [5, 5.41) is 13.1. The number of fused-ring (bicyclic) bond motifs is 5. The summed E-state index contributed by atoms with van der Waals surface area (Å²) < 4.78 is 5.45. The van der Waals surface area contributed by atoms with Crippen LogP contribution in [0, 0.1) is 22.7 Å². The van der Waals surface area contributed by atoms with Gasteiger partial charge in [0.1, 0.15) is 0 Å². The van der Waals surface area contributed by atoms with Crippen LogP contribution in [0.25, 0.3) is 0 Å². The van der Waals surface area contributed by atoms with Crippen molar-refractivity contribution in [2.45, 2.75) is 94.8 Å². The van der Waals surface area contributed by atoms with Crippen LogP contribution in [0.5, 0.6) is 0 Å². The Bertz CT molecular complexity index is 876. The number of furan rings is 1. The lowest BCUT2D eigenvalue weighted by atomic mass is 9.45. The normalized spacial score (nSPS) is 45.4. The van der Waals surface area contributed by atoms with E-state index in [1.54, 1.807) is 11.8 Å². The molecule has 1 saturated heterocycles. The van der Waals surface area contributed by atoms with Gasteiger partial charge in [-0.3, -0.25) is 0 Å². The minimum atomic E-state index is -0.537. The molecule has 33 heavy (non-hydrogen) atoms. The van der Waals surface area contributed by atoms with Gasteiger partial charge in [0, 0.05) is 23.0 Å². The molecule has 6 rings (SSSR count). The molecule has 3 saturated carbocycles. The molecule has 1 aromatic rings. The first-order chi connectivity index (χ1) is 15.9. The van der Waals surface area contributed by atoms with Crippen molar-refractivity contribution >= 4 is 11.8 Å². The van der Waals surface area contributed by atoms with Gasteiger partial charge in [-0.2, -0.15) is 11.8 Å². The molecule has 182 valence electrons. The zero-order valence-corrected chi connectivity index (χ0v) is 21.5. The highest BCUT2D eigenvalue weighted by atomic mass is 32.2. The second kappa shape index (κ2) is 8.45. The largest absolute Gasteiger partial charge is 0.472 e. The van der Waals surface area contributed by atoms with Crippen LogP contribution in [0.4, 0.5) is 0 Å². The predicted molar refractivity (Wildman–Crippen MR) is 137 cm³/mol. The summed E-state index contributed by atoms with van der Waals surface area (Å²) in [6.07, 6.45) is 18.7. The third kappa shape index (κ3) is 3.52. The monoisotopic (exact) mass is 469 g/mol.